The molecule has 1 atom stereocenters. The van der Waals surface area contributed by atoms with E-state index in [0.29, 0.717) is 6.04 Å². The number of benzene rings is 1. The molecule has 4 nitrogen and oxygen atoms in total. The third-order valence-corrected chi connectivity index (χ3v) is 8.16. The molecular weight excluding hydrogens is 476 g/mol. The lowest BCUT2D eigenvalue weighted by Gasteiger charge is -2.35. The molecule has 0 aliphatic carbocycles. The molecule has 7 heteroatoms. The summed E-state index contributed by atoms with van der Waals surface area (Å²) in [6, 6.07) is 0.470. The minimum absolute atomic E-state index is 0.470. The van der Waals surface area contributed by atoms with Gasteiger partial charge in [0.1, 0.15) is 5.52 Å². The molecule has 1 fully saturated rings. The van der Waals surface area contributed by atoms with Crippen LogP contribution in [0.4, 0.5) is 5.95 Å². The van der Waals surface area contributed by atoms with Crippen LogP contribution < -0.4 is 10.2 Å². The van der Waals surface area contributed by atoms with Gasteiger partial charge in [-0.3, -0.25) is 0 Å². The largest absolute Gasteiger partial charge is 0.337 e. The average molecular weight is 493 g/mol. The van der Waals surface area contributed by atoms with Gasteiger partial charge in [-0.1, -0.05) is 0 Å². The van der Waals surface area contributed by atoms with E-state index >= 15 is 0 Å². The van der Waals surface area contributed by atoms with Crippen LogP contribution in [0.5, 0.6) is 0 Å². The third-order valence-electron chi connectivity index (χ3n) is 4.66. The first-order valence-electron chi connectivity index (χ1n) is 7.62. The number of piperazine rings is 1. The fourth-order valence-electron chi connectivity index (χ4n) is 3.55. The van der Waals surface area contributed by atoms with Crippen molar-refractivity contribution < 1.29 is 0 Å². The summed E-state index contributed by atoms with van der Waals surface area (Å²) in [5.41, 5.74) is 3.73. The minimum atomic E-state index is 0.470. The number of hydrogen-bond donors (Lipinski definition) is 1. The second-order valence-corrected chi connectivity index (χ2v) is 8.41. The summed E-state index contributed by atoms with van der Waals surface area (Å²) in [5, 5.41) is 3.46. The standard InChI is InChI=1S/C15H17Br3N4/c1-8-7-19-4-6-21(8)15-20-13-12(18)11(17)10(16)9-3-2-5-22(15)14(9)13/h8,19H,2-7H2,1H3. The van der Waals surface area contributed by atoms with Gasteiger partial charge in [0.25, 0.3) is 0 Å². The highest BCUT2D eigenvalue weighted by molar-refractivity contribution is 9.14. The summed E-state index contributed by atoms with van der Waals surface area (Å²) in [4.78, 5) is 7.47. The maximum absolute atomic E-state index is 5.02. The fraction of sp³-hybridized carbons (Fsp3) is 0.533. The smallest absolute Gasteiger partial charge is 0.206 e. The van der Waals surface area contributed by atoms with Crippen LogP contribution in [0.15, 0.2) is 13.4 Å². The number of hydrogen-bond acceptors (Lipinski definition) is 3. The van der Waals surface area contributed by atoms with E-state index in [1.807, 2.05) is 0 Å². The van der Waals surface area contributed by atoms with Gasteiger partial charge >= 0.3 is 0 Å². The summed E-state index contributed by atoms with van der Waals surface area (Å²) in [6.45, 7) is 6.37. The molecular formula is C15H17Br3N4. The van der Waals surface area contributed by atoms with Gasteiger partial charge in [0.05, 0.1) is 9.99 Å². The second-order valence-electron chi connectivity index (χ2n) is 6.03. The molecule has 0 spiro atoms. The summed E-state index contributed by atoms with van der Waals surface area (Å²) in [7, 11) is 0. The summed E-state index contributed by atoms with van der Waals surface area (Å²) >= 11 is 11.2. The molecule has 2 aliphatic heterocycles. The Morgan fingerprint density at radius 3 is 2.73 bits per heavy atom. The zero-order chi connectivity index (χ0) is 15.4. The lowest BCUT2D eigenvalue weighted by Crippen LogP contribution is -2.50. The number of nitrogens with one attached hydrogen (secondary N) is 1. The Morgan fingerprint density at radius 1 is 1.14 bits per heavy atom. The van der Waals surface area contributed by atoms with Gasteiger partial charge in [-0.25, -0.2) is 4.98 Å². The lowest BCUT2D eigenvalue weighted by molar-refractivity contribution is 0.482. The first-order valence-corrected chi connectivity index (χ1v) is 10.0. The number of aryl methyl sites for hydroxylation is 2. The normalized spacial score (nSPS) is 21.6. The molecule has 0 amide bonds. The molecule has 1 saturated heterocycles. The highest BCUT2D eigenvalue weighted by atomic mass is 79.9. The maximum Gasteiger partial charge on any atom is 0.206 e. The van der Waals surface area contributed by atoms with Gasteiger partial charge < -0.3 is 14.8 Å². The molecule has 1 aromatic carbocycles. The number of imidazole rings is 1. The Hall–Kier alpha value is -0.110. The molecule has 1 aromatic heterocycles. The Labute approximate surface area is 155 Å². The zero-order valence-corrected chi connectivity index (χ0v) is 17.1. The van der Waals surface area contributed by atoms with Gasteiger partial charge in [0.15, 0.2) is 0 Å². The van der Waals surface area contributed by atoms with Crippen LogP contribution in [0.3, 0.4) is 0 Å². The summed E-state index contributed by atoms with van der Waals surface area (Å²) in [5.74, 6) is 1.12. The van der Waals surface area contributed by atoms with Crippen molar-refractivity contribution in [3.05, 3.63) is 19.0 Å². The number of rotatable bonds is 1. The van der Waals surface area contributed by atoms with E-state index in [1.165, 1.54) is 17.5 Å². The summed E-state index contributed by atoms with van der Waals surface area (Å²) < 4.78 is 5.69. The maximum atomic E-state index is 5.02. The van der Waals surface area contributed by atoms with E-state index in [-0.39, 0.29) is 0 Å². The van der Waals surface area contributed by atoms with Crippen LogP contribution in [-0.2, 0) is 13.0 Å². The van der Waals surface area contributed by atoms with Crippen LogP contribution in [0.2, 0.25) is 0 Å². The molecule has 2 aliphatic rings. The number of halogens is 3. The van der Waals surface area contributed by atoms with Crippen molar-refractivity contribution >= 4 is 64.8 Å². The van der Waals surface area contributed by atoms with E-state index in [2.05, 4.69) is 69.5 Å². The second kappa shape index (κ2) is 5.76. The first-order chi connectivity index (χ1) is 10.6. The van der Waals surface area contributed by atoms with Crippen LogP contribution >= 0.6 is 47.8 Å². The minimum Gasteiger partial charge on any atom is -0.337 e. The lowest BCUT2D eigenvalue weighted by atomic mass is 10.0. The van der Waals surface area contributed by atoms with Crippen molar-refractivity contribution in [2.45, 2.75) is 32.4 Å². The number of aromatic nitrogens is 2. The van der Waals surface area contributed by atoms with Crippen LogP contribution in [0, 0.1) is 0 Å². The van der Waals surface area contributed by atoms with E-state index < -0.39 is 0 Å². The third kappa shape index (κ3) is 2.19. The van der Waals surface area contributed by atoms with Gasteiger partial charge in [0, 0.05) is 41.2 Å². The van der Waals surface area contributed by atoms with Crippen LogP contribution in [0.1, 0.15) is 18.9 Å². The topological polar surface area (TPSA) is 33.1 Å². The summed E-state index contributed by atoms with van der Waals surface area (Å²) in [6.07, 6.45) is 2.27. The van der Waals surface area contributed by atoms with Crippen molar-refractivity contribution in [1.82, 2.24) is 14.9 Å². The Bertz CT molecular complexity index is 755. The Kier molecular flexibility index (Phi) is 4.03. The molecule has 118 valence electrons. The Morgan fingerprint density at radius 2 is 1.95 bits per heavy atom. The SMILES string of the molecule is CC1CNCCN1c1nc2c(Br)c(Br)c(Br)c3c2n1CCC3. The fourth-order valence-corrected chi connectivity index (χ4v) is 5.30. The monoisotopic (exact) mass is 490 g/mol. The van der Waals surface area contributed by atoms with Gasteiger partial charge in [-0.15, -0.1) is 0 Å². The highest BCUT2D eigenvalue weighted by Crippen LogP contribution is 2.44. The van der Waals surface area contributed by atoms with Crippen molar-refractivity contribution in [3.8, 4) is 0 Å². The Balaban J connectivity index is 1.98. The molecule has 22 heavy (non-hydrogen) atoms. The van der Waals surface area contributed by atoms with E-state index in [0.717, 1.165) is 57.5 Å². The van der Waals surface area contributed by atoms with Gasteiger partial charge in [-0.2, -0.15) is 0 Å². The molecule has 1 unspecified atom stereocenters. The van der Waals surface area contributed by atoms with Gasteiger partial charge in [0.2, 0.25) is 5.95 Å². The molecule has 0 radical (unpaired) electrons. The molecule has 4 rings (SSSR count). The number of nitrogens with zero attached hydrogens (tertiary/aromatic N) is 3. The van der Waals surface area contributed by atoms with Crippen molar-refractivity contribution in [1.29, 1.82) is 0 Å². The van der Waals surface area contributed by atoms with Crippen LogP contribution in [0.25, 0.3) is 11.0 Å². The number of anilines is 1. The van der Waals surface area contributed by atoms with Crippen molar-refractivity contribution in [3.63, 3.8) is 0 Å². The van der Waals surface area contributed by atoms with Gasteiger partial charge in [-0.05, 0) is 73.1 Å². The molecule has 0 bridgehead atoms. The predicted molar refractivity (Wildman–Crippen MR) is 101 cm³/mol. The predicted octanol–water partition coefficient (Wildman–Crippen LogP) is 4.07. The highest BCUT2D eigenvalue weighted by Gasteiger charge is 2.29. The zero-order valence-electron chi connectivity index (χ0n) is 12.3. The molecule has 3 heterocycles. The van der Waals surface area contributed by atoms with E-state index in [1.54, 1.807) is 0 Å². The van der Waals surface area contributed by atoms with Crippen LogP contribution in [-0.4, -0.2) is 35.2 Å². The van der Waals surface area contributed by atoms with Crippen molar-refractivity contribution in [2.24, 2.45) is 0 Å². The molecule has 0 saturated carbocycles. The molecule has 1 N–H and O–H groups in total. The van der Waals surface area contributed by atoms with Crippen molar-refractivity contribution in [2.75, 3.05) is 24.5 Å². The van der Waals surface area contributed by atoms with E-state index in [9.17, 15) is 0 Å². The average Bonchev–Trinajstić information content (AvgIpc) is 2.92. The molecule has 2 aromatic rings. The quantitative estimate of drug-likeness (QED) is 0.609. The first kappa shape index (κ1) is 15.4. The van der Waals surface area contributed by atoms with E-state index in [4.69, 9.17) is 4.98 Å².